The average Bonchev–Trinajstić information content (AvgIpc) is 3.29. The molecule has 2 aliphatic heterocycles. The summed E-state index contributed by atoms with van der Waals surface area (Å²) in [7, 11) is 2.97. The standard InChI is InChI=1S/C26H32O11/c1-33-18-10-14(5-6-17(18)29)24-16(11-27)15-8-13(9-19(34-2)25(15)37-24)4-3-7-35-26-23(32)22(31)21(30)20(12-28)36-26/h3-6,8-10,16,20-24,26-32H,7,11-12H2,1-2H3/b4-3+/t16-,20+,21+,22-,23+,24+,26+/m0/s1. The molecule has 1 saturated heterocycles. The molecule has 6 N–H and O–H groups in total. The van der Waals surface area contributed by atoms with Crippen LogP contribution in [-0.2, 0) is 9.47 Å². The predicted molar refractivity (Wildman–Crippen MR) is 130 cm³/mol. The van der Waals surface area contributed by atoms with Crippen molar-refractivity contribution < 1.29 is 54.3 Å². The number of phenolic OH excluding ortho intramolecular Hbond substituents is 1. The fourth-order valence-electron chi connectivity index (χ4n) is 4.57. The molecule has 0 aromatic heterocycles. The molecule has 4 rings (SSSR count). The maximum Gasteiger partial charge on any atom is 0.187 e. The average molecular weight is 521 g/mol. The number of hydrogen-bond donors (Lipinski definition) is 6. The van der Waals surface area contributed by atoms with Crippen molar-refractivity contribution in [2.45, 2.75) is 42.7 Å². The molecule has 7 atom stereocenters. The molecule has 2 aromatic rings. The predicted octanol–water partition coefficient (Wildman–Crippen LogP) is 0.449. The van der Waals surface area contributed by atoms with E-state index in [2.05, 4.69) is 0 Å². The molecule has 2 aromatic carbocycles. The zero-order valence-electron chi connectivity index (χ0n) is 20.4. The molecule has 2 heterocycles. The van der Waals surface area contributed by atoms with Crippen molar-refractivity contribution in [1.29, 1.82) is 0 Å². The van der Waals surface area contributed by atoms with Crippen molar-refractivity contribution in [3.8, 4) is 23.0 Å². The number of hydrogen-bond acceptors (Lipinski definition) is 11. The van der Waals surface area contributed by atoms with E-state index in [0.29, 0.717) is 17.2 Å². The van der Waals surface area contributed by atoms with Gasteiger partial charge in [0.1, 0.15) is 30.5 Å². The highest BCUT2D eigenvalue weighted by Crippen LogP contribution is 2.51. The number of aromatic hydroxyl groups is 1. The second-order valence-corrected chi connectivity index (χ2v) is 8.83. The zero-order valence-corrected chi connectivity index (χ0v) is 20.4. The van der Waals surface area contributed by atoms with Crippen molar-refractivity contribution >= 4 is 6.08 Å². The van der Waals surface area contributed by atoms with Gasteiger partial charge in [0.05, 0.1) is 40.0 Å². The fraction of sp³-hybridized carbons (Fsp3) is 0.462. The molecule has 11 nitrogen and oxygen atoms in total. The van der Waals surface area contributed by atoms with Crippen LogP contribution in [0.15, 0.2) is 36.4 Å². The van der Waals surface area contributed by atoms with Crippen LogP contribution in [0.4, 0.5) is 0 Å². The first-order chi connectivity index (χ1) is 17.8. The van der Waals surface area contributed by atoms with E-state index >= 15 is 0 Å². The first kappa shape index (κ1) is 27.1. The van der Waals surface area contributed by atoms with E-state index in [4.69, 9.17) is 23.7 Å². The molecule has 0 radical (unpaired) electrons. The second kappa shape index (κ2) is 11.7. The zero-order chi connectivity index (χ0) is 26.7. The van der Waals surface area contributed by atoms with Gasteiger partial charge in [-0.2, -0.15) is 0 Å². The quantitative estimate of drug-likeness (QED) is 0.272. The molecule has 0 amide bonds. The third kappa shape index (κ3) is 5.39. The van der Waals surface area contributed by atoms with Gasteiger partial charge in [-0.05, 0) is 35.4 Å². The topological polar surface area (TPSA) is 168 Å². The summed E-state index contributed by atoms with van der Waals surface area (Å²) in [6.07, 6.45) is -3.86. The van der Waals surface area contributed by atoms with Gasteiger partial charge in [0, 0.05) is 5.56 Å². The van der Waals surface area contributed by atoms with Crippen molar-refractivity contribution in [2.75, 3.05) is 34.0 Å². The summed E-state index contributed by atoms with van der Waals surface area (Å²) in [5.74, 6) is 0.867. The van der Waals surface area contributed by atoms with E-state index in [1.807, 2.05) is 6.07 Å². The second-order valence-electron chi connectivity index (χ2n) is 8.83. The molecule has 37 heavy (non-hydrogen) atoms. The Bertz CT molecular complexity index is 1100. The molecule has 0 spiro atoms. The number of phenols is 1. The Morgan fingerprint density at radius 1 is 0.919 bits per heavy atom. The van der Waals surface area contributed by atoms with Crippen LogP contribution < -0.4 is 14.2 Å². The molecule has 11 heteroatoms. The molecule has 1 fully saturated rings. The number of methoxy groups -OCH3 is 2. The Balaban J connectivity index is 1.50. The van der Waals surface area contributed by atoms with Gasteiger partial charge in [0.25, 0.3) is 0 Å². The van der Waals surface area contributed by atoms with Crippen LogP contribution in [0.5, 0.6) is 23.0 Å². The molecule has 0 aliphatic carbocycles. The summed E-state index contributed by atoms with van der Waals surface area (Å²) in [5.41, 5.74) is 2.20. The van der Waals surface area contributed by atoms with Crippen LogP contribution in [0.1, 0.15) is 28.7 Å². The van der Waals surface area contributed by atoms with Crippen LogP contribution >= 0.6 is 0 Å². The van der Waals surface area contributed by atoms with Gasteiger partial charge in [-0.3, -0.25) is 0 Å². The van der Waals surface area contributed by atoms with Gasteiger partial charge in [-0.15, -0.1) is 0 Å². The first-order valence-electron chi connectivity index (χ1n) is 11.8. The van der Waals surface area contributed by atoms with E-state index in [1.165, 1.54) is 20.3 Å². The van der Waals surface area contributed by atoms with Crippen LogP contribution in [-0.4, -0.2) is 95.4 Å². The Hall–Kier alpha value is -2.90. The number of rotatable bonds is 9. The maximum atomic E-state index is 10.2. The fourth-order valence-corrected chi connectivity index (χ4v) is 4.57. The van der Waals surface area contributed by atoms with Crippen molar-refractivity contribution in [3.63, 3.8) is 0 Å². The molecular weight excluding hydrogens is 488 g/mol. The monoisotopic (exact) mass is 520 g/mol. The lowest BCUT2D eigenvalue weighted by atomic mass is 9.90. The lowest BCUT2D eigenvalue weighted by molar-refractivity contribution is -0.298. The largest absolute Gasteiger partial charge is 0.504 e. The lowest BCUT2D eigenvalue weighted by Gasteiger charge is -2.39. The third-order valence-electron chi connectivity index (χ3n) is 6.58. The molecule has 0 unspecified atom stereocenters. The number of aliphatic hydroxyl groups excluding tert-OH is 5. The minimum Gasteiger partial charge on any atom is -0.504 e. The molecule has 202 valence electrons. The summed E-state index contributed by atoms with van der Waals surface area (Å²) in [6.45, 7) is -0.739. The highest BCUT2D eigenvalue weighted by Gasteiger charge is 2.44. The summed E-state index contributed by atoms with van der Waals surface area (Å²) in [6, 6.07) is 8.51. The van der Waals surface area contributed by atoms with Gasteiger partial charge in [0.15, 0.2) is 29.3 Å². The number of fused-ring (bicyclic) bond motifs is 1. The summed E-state index contributed by atoms with van der Waals surface area (Å²) < 4.78 is 27.8. The van der Waals surface area contributed by atoms with Gasteiger partial charge in [0.2, 0.25) is 0 Å². The number of ether oxygens (including phenoxy) is 5. The molecule has 2 aliphatic rings. The highest BCUT2D eigenvalue weighted by molar-refractivity contribution is 5.62. The molecular formula is C26H32O11. The number of aliphatic hydroxyl groups is 5. The van der Waals surface area contributed by atoms with Gasteiger partial charge in [-0.1, -0.05) is 18.2 Å². The van der Waals surface area contributed by atoms with Crippen molar-refractivity contribution in [2.24, 2.45) is 0 Å². The summed E-state index contributed by atoms with van der Waals surface area (Å²) in [4.78, 5) is 0. The summed E-state index contributed by atoms with van der Waals surface area (Å²) in [5, 5.41) is 59.3. The van der Waals surface area contributed by atoms with Crippen LogP contribution in [0.3, 0.4) is 0 Å². The van der Waals surface area contributed by atoms with E-state index in [-0.39, 0.29) is 19.0 Å². The van der Waals surface area contributed by atoms with Crippen LogP contribution in [0.25, 0.3) is 6.08 Å². The molecule has 0 saturated carbocycles. The lowest BCUT2D eigenvalue weighted by Crippen LogP contribution is -2.59. The van der Waals surface area contributed by atoms with Crippen LogP contribution in [0.2, 0.25) is 0 Å². The van der Waals surface area contributed by atoms with Crippen molar-refractivity contribution in [1.82, 2.24) is 0 Å². The van der Waals surface area contributed by atoms with Crippen molar-refractivity contribution in [3.05, 3.63) is 53.1 Å². The Kier molecular flexibility index (Phi) is 8.55. The van der Waals surface area contributed by atoms with Gasteiger partial charge < -0.3 is 54.3 Å². The Morgan fingerprint density at radius 3 is 2.35 bits per heavy atom. The Morgan fingerprint density at radius 2 is 1.68 bits per heavy atom. The van der Waals surface area contributed by atoms with E-state index in [0.717, 1.165) is 16.7 Å². The van der Waals surface area contributed by atoms with Gasteiger partial charge in [-0.25, -0.2) is 0 Å². The smallest absolute Gasteiger partial charge is 0.187 e. The van der Waals surface area contributed by atoms with E-state index in [1.54, 1.807) is 30.4 Å². The minimum atomic E-state index is -1.52. The number of benzene rings is 2. The molecule has 0 bridgehead atoms. The van der Waals surface area contributed by atoms with Crippen LogP contribution in [0, 0.1) is 0 Å². The Labute approximate surface area is 213 Å². The summed E-state index contributed by atoms with van der Waals surface area (Å²) >= 11 is 0. The third-order valence-corrected chi connectivity index (χ3v) is 6.58. The first-order valence-corrected chi connectivity index (χ1v) is 11.8. The van der Waals surface area contributed by atoms with Gasteiger partial charge >= 0.3 is 0 Å². The highest BCUT2D eigenvalue weighted by atomic mass is 16.7. The minimum absolute atomic E-state index is 0.00162. The normalized spacial score (nSPS) is 29.2. The van der Waals surface area contributed by atoms with E-state index in [9.17, 15) is 30.6 Å². The SMILES string of the molecule is COc1cc([C@H]2Oc3c(OC)cc(/C=C/CO[C@@H]4O[C@H](CO)[C@@H](O)[C@H](O)[C@H]4O)cc3[C@@H]2CO)ccc1O. The maximum absolute atomic E-state index is 10.2. The van der Waals surface area contributed by atoms with E-state index < -0.39 is 49.3 Å².